The highest BCUT2D eigenvalue weighted by Crippen LogP contribution is 2.20. The molecule has 0 atom stereocenters. The highest BCUT2D eigenvalue weighted by molar-refractivity contribution is 6.30. The standard InChI is InChI=1S/C18H30ClN5/c1-18(2,3)22-9-8-21-17(20-4)24-12-10-23(11-13-24)16-7-5-6-15(19)14-16/h5-7,14,22H,8-13H2,1-4H3,(H,20,21). The van der Waals surface area contributed by atoms with E-state index in [-0.39, 0.29) is 5.54 Å². The van der Waals surface area contributed by atoms with Crippen LogP contribution in [0.4, 0.5) is 5.69 Å². The fourth-order valence-corrected chi connectivity index (χ4v) is 2.98. The summed E-state index contributed by atoms with van der Waals surface area (Å²) in [5.41, 5.74) is 1.34. The van der Waals surface area contributed by atoms with Gasteiger partial charge in [0, 0.05) is 62.6 Å². The summed E-state index contributed by atoms with van der Waals surface area (Å²) in [4.78, 5) is 9.11. The van der Waals surface area contributed by atoms with Gasteiger partial charge in [0.1, 0.15) is 0 Å². The van der Waals surface area contributed by atoms with Crippen molar-refractivity contribution in [2.45, 2.75) is 26.3 Å². The van der Waals surface area contributed by atoms with E-state index in [0.29, 0.717) is 0 Å². The van der Waals surface area contributed by atoms with Crippen molar-refractivity contribution in [2.75, 3.05) is 51.2 Å². The number of nitrogens with zero attached hydrogens (tertiary/aromatic N) is 3. The molecular formula is C18H30ClN5. The fourth-order valence-electron chi connectivity index (χ4n) is 2.79. The number of piperazine rings is 1. The number of aliphatic imine (C=N–C) groups is 1. The van der Waals surface area contributed by atoms with Crippen molar-refractivity contribution in [1.29, 1.82) is 0 Å². The maximum Gasteiger partial charge on any atom is 0.193 e. The minimum Gasteiger partial charge on any atom is -0.368 e. The molecule has 1 aliphatic heterocycles. The van der Waals surface area contributed by atoms with Gasteiger partial charge in [-0.1, -0.05) is 17.7 Å². The van der Waals surface area contributed by atoms with E-state index < -0.39 is 0 Å². The van der Waals surface area contributed by atoms with Gasteiger partial charge in [0.15, 0.2) is 5.96 Å². The van der Waals surface area contributed by atoms with E-state index in [1.54, 1.807) is 0 Å². The van der Waals surface area contributed by atoms with Gasteiger partial charge in [-0.3, -0.25) is 4.99 Å². The fraction of sp³-hybridized carbons (Fsp3) is 0.611. The van der Waals surface area contributed by atoms with Gasteiger partial charge in [-0.05, 0) is 39.0 Å². The van der Waals surface area contributed by atoms with Crippen LogP contribution in [0.15, 0.2) is 29.3 Å². The zero-order valence-electron chi connectivity index (χ0n) is 15.3. The van der Waals surface area contributed by atoms with E-state index >= 15 is 0 Å². The number of nitrogens with one attached hydrogen (secondary N) is 2. The second kappa shape index (κ2) is 8.58. The lowest BCUT2D eigenvalue weighted by Crippen LogP contribution is -2.53. The molecule has 5 nitrogen and oxygen atoms in total. The Morgan fingerprint density at radius 3 is 2.46 bits per heavy atom. The van der Waals surface area contributed by atoms with E-state index in [1.165, 1.54) is 5.69 Å². The summed E-state index contributed by atoms with van der Waals surface area (Å²) in [5, 5.41) is 7.72. The zero-order valence-corrected chi connectivity index (χ0v) is 16.0. The average Bonchev–Trinajstić information content (AvgIpc) is 2.54. The third-order valence-electron chi connectivity index (χ3n) is 4.03. The number of guanidine groups is 1. The summed E-state index contributed by atoms with van der Waals surface area (Å²) in [7, 11) is 1.85. The van der Waals surface area contributed by atoms with Gasteiger partial charge in [-0.2, -0.15) is 0 Å². The molecule has 24 heavy (non-hydrogen) atoms. The topological polar surface area (TPSA) is 42.9 Å². The van der Waals surface area contributed by atoms with Crippen molar-refractivity contribution < 1.29 is 0 Å². The lowest BCUT2D eigenvalue weighted by atomic mass is 10.1. The molecule has 0 bridgehead atoms. The molecule has 1 heterocycles. The number of halogens is 1. The number of anilines is 1. The van der Waals surface area contributed by atoms with Gasteiger partial charge in [-0.15, -0.1) is 0 Å². The smallest absolute Gasteiger partial charge is 0.193 e. The largest absolute Gasteiger partial charge is 0.368 e. The van der Waals surface area contributed by atoms with Crippen molar-refractivity contribution in [1.82, 2.24) is 15.5 Å². The van der Waals surface area contributed by atoms with Crippen molar-refractivity contribution >= 4 is 23.2 Å². The Morgan fingerprint density at radius 2 is 1.88 bits per heavy atom. The Bertz CT molecular complexity index is 545. The van der Waals surface area contributed by atoms with Crippen LogP contribution in [0.25, 0.3) is 0 Å². The maximum atomic E-state index is 6.10. The highest BCUT2D eigenvalue weighted by atomic mass is 35.5. The summed E-state index contributed by atoms with van der Waals surface area (Å²) in [6, 6.07) is 8.07. The van der Waals surface area contributed by atoms with Gasteiger partial charge in [-0.25, -0.2) is 0 Å². The van der Waals surface area contributed by atoms with E-state index in [0.717, 1.165) is 50.3 Å². The molecule has 0 unspecified atom stereocenters. The molecule has 1 saturated heterocycles. The predicted octanol–water partition coefficient (Wildman–Crippen LogP) is 2.43. The van der Waals surface area contributed by atoms with Crippen LogP contribution in [0, 0.1) is 0 Å². The summed E-state index contributed by atoms with van der Waals surface area (Å²) in [6.07, 6.45) is 0. The number of hydrogen-bond donors (Lipinski definition) is 2. The quantitative estimate of drug-likeness (QED) is 0.496. The van der Waals surface area contributed by atoms with E-state index in [2.05, 4.69) is 52.3 Å². The molecular weight excluding hydrogens is 322 g/mol. The lowest BCUT2D eigenvalue weighted by Gasteiger charge is -2.37. The second-order valence-corrected chi connectivity index (χ2v) is 7.54. The van der Waals surface area contributed by atoms with Crippen LogP contribution in [0.2, 0.25) is 5.02 Å². The van der Waals surface area contributed by atoms with E-state index in [1.807, 2.05) is 25.2 Å². The third kappa shape index (κ3) is 5.87. The number of hydrogen-bond acceptors (Lipinski definition) is 3. The van der Waals surface area contributed by atoms with Gasteiger partial charge in [0.2, 0.25) is 0 Å². The van der Waals surface area contributed by atoms with Crippen molar-refractivity contribution in [2.24, 2.45) is 4.99 Å². The van der Waals surface area contributed by atoms with Crippen LogP contribution >= 0.6 is 11.6 Å². The molecule has 1 aliphatic rings. The first-order valence-corrected chi connectivity index (χ1v) is 8.98. The second-order valence-electron chi connectivity index (χ2n) is 7.10. The normalized spacial score (nSPS) is 16.5. The molecule has 6 heteroatoms. The molecule has 0 amide bonds. The first-order valence-electron chi connectivity index (χ1n) is 8.60. The van der Waals surface area contributed by atoms with Crippen LogP contribution in [-0.4, -0.2) is 62.7 Å². The molecule has 0 aliphatic carbocycles. The Hall–Kier alpha value is -1.46. The molecule has 1 fully saturated rings. The van der Waals surface area contributed by atoms with Crippen molar-refractivity contribution in [3.05, 3.63) is 29.3 Å². The zero-order chi connectivity index (χ0) is 17.6. The molecule has 0 aromatic heterocycles. The summed E-state index contributed by atoms with van der Waals surface area (Å²) >= 11 is 6.10. The summed E-state index contributed by atoms with van der Waals surface area (Å²) < 4.78 is 0. The van der Waals surface area contributed by atoms with Crippen LogP contribution < -0.4 is 15.5 Å². The van der Waals surface area contributed by atoms with Crippen LogP contribution in [-0.2, 0) is 0 Å². The molecule has 1 aromatic carbocycles. The number of benzene rings is 1. The Balaban J connectivity index is 1.79. The molecule has 1 aromatic rings. The van der Waals surface area contributed by atoms with Crippen LogP contribution in [0.5, 0.6) is 0 Å². The summed E-state index contributed by atoms with van der Waals surface area (Å²) in [6.45, 7) is 12.2. The van der Waals surface area contributed by atoms with Gasteiger partial charge in [0.25, 0.3) is 0 Å². The highest BCUT2D eigenvalue weighted by Gasteiger charge is 2.20. The Morgan fingerprint density at radius 1 is 1.17 bits per heavy atom. The molecule has 0 saturated carbocycles. The first kappa shape index (κ1) is 18.9. The van der Waals surface area contributed by atoms with Crippen LogP contribution in [0.3, 0.4) is 0 Å². The minimum absolute atomic E-state index is 0.147. The molecule has 0 radical (unpaired) electrons. The predicted molar refractivity (Wildman–Crippen MR) is 104 cm³/mol. The van der Waals surface area contributed by atoms with Gasteiger partial charge in [0.05, 0.1) is 0 Å². The van der Waals surface area contributed by atoms with Gasteiger partial charge >= 0.3 is 0 Å². The van der Waals surface area contributed by atoms with E-state index in [4.69, 9.17) is 11.6 Å². The molecule has 134 valence electrons. The monoisotopic (exact) mass is 351 g/mol. The summed E-state index contributed by atoms with van der Waals surface area (Å²) in [5.74, 6) is 0.983. The molecule has 0 spiro atoms. The Labute approximate surface area is 151 Å². The number of rotatable bonds is 4. The third-order valence-corrected chi connectivity index (χ3v) is 4.26. The average molecular weight is 352 g/mol. The van der Waals surface area contributed by atoms with Gasteiger partial charge < -0.3 is 20.4 Å². The molecule has 2 rings (SSSR count). The van der Waals surface area contributed by atoms with Crippen molar-refractivity contribution in [3.8, 4) is 0 Å². The first-order chi connectivity index (χ1) is 11.4. The maximum absolute atomic E-state index is 6.10. The SMILES string of the molecule is CN=C(NCCNC(C)(C)C)N1CCN(c2cccc(Cl)c2)CC1. The van der Waals surface area contributed by atoms with E-state index in [9.17, 15) is 0 Å². The van der Waals surface area contributed by atoms with Crippen molar-refractivity contribution in [3.63, 3.8) is 0 Å². The minimum atomic E-state index is 0.147. The lowest BCUT2D eigenvalue weighted by molar-refractivity contribution is 0.369. The molecule has 2 N–H and O–H groups in total. The Kier molecular flexibility index (Phi) is 6.75. The van der Waals surface area contributed by atoms with Crippen LogP contribution in [0.1, 0.15) is 20.8 Å².